The van der Waals surface area contributed by atoms with E-state index in [1.165, 1.54) is 6.07 Å². The predicted octanol–water partition coefficient (Wildman–Crippen LogP) is 4.55. The Kier molecular flexibility index (Phi) is 7.84. The van der Waals surface area contributed by atoms with Crippen LogP contribution in [0.5, 0.6) is 0 Å². The fourth-order valence-electron chi connectivity index (χ4n) is 4.38. The molecular formula is C26H28F3N5O2S. The van der Waals surface area contributed by atoms with Gasteiger partial charge in [-0.05, 0) is 60.3 Å². The van der Waals surface area contributed by atoms with Crippen molar-refractivity contribution in [3.05, 3.63) is 66.5 Å². The number of β-amino-alcohol motifs (C(OH)–C–C–N with tert-alkyl or cyclic N) is 1. The highest BCUT2D eigenvalue weighted by atomic mass is 32.2. The molecule has 196 valence electrons. The van der Waals surface area contributed by atoms with E-state index >= 15 is 0 Å². The number of ether oxygens (including phenoxy) is 1. The van der Waals surface area contributed by atoms with Crippen LogP contribution < -0.4 is 10.2 Å². The van der Waals surface area contributed by atoms with Crippen LogP contribution in [0.15, 0.2) is 65.8 Å². The molecule has 2 atom stereocenters. The summed E-state index contributed by atoms with van der Waals surface area (Å²) >= 11 is 1.58. The van der Waals surface area contributed by atoms with Gasteiger partial charge in [-0.2, -0.15) is 13.2 Å². The third-order valence-corrected chi connectivity index (χ3v) is 7.55. The molecule has 2 aliphatic heterocycles. The van der Waals surface area contributed by atoms with Crippen molar-refractivity contribution in [2.24, 2.45) is 0 Å². The molecule has 0 radical (unpaired) electrons. The minimum atomic E-state index is -4.42. The van der Waals surface area contributed by atoms with Crippen LogP contribution in [-0.4, -0.2) is 70.9 Å². The lowest BCUT2D eigenvalue weighted by molar-refractivity contribution is -0.137. The van der Waals surface area contributed by atoms with Gasteiger partial charge < -0.3 is 20.1 Å². The molecular weight excluding hydrogens is 503 g/mol. The maximum absolute atomic E-state index is 12.7. The summed E-state index contributed by atoms with van der Waals surface area (Å²) in [6.45, 7) is 4.30. The molecule has 4 heterocycles. The van der Waals surface area contributed by atoms with Crippen molar-refractivity contribution in [2.45, 2.75) is 29.6 Å². The number of nitrogens with zero attached hydrogens (tertiary/aromatic N) is 4. The number of rotatable bonds is 6. The van der Waals surface area contributed by atoms with Crippen LogP contribution in [-0.2, 0) is 10.9 Å². The fraction of sp³-hybridized carbons (Fsp3) is 0.385. The molecule has 2 N–H and O–H groups in total. The number of morpholine rings is 1. The van der Waals surface area contributed by atoms with E-state index < -0.39 is 17.8 Å². The van der Waals surface area contributed by atoms with Crippen LogP contribution in [0.25, 0.3) is 11.1 Å². The summed E-state index contributed by atoms with van der Waals surface area (Å²) in [5.74, 6) is 1.28. The zero-order valence-corrected chi connectivity index (χ0v) is 20.9. The highest BCUT2D eigenvalue weighted by Crippen LogP contribution is 2.31. The zero-order valence-electron chi connectivity index (χ0n) is 20.1. The van der Waals surface area contributed by atoms with E-state index in [1.54, 1.807) is 11.9 Å². The van der Waals surface area contributed by atoms with Gasteiger partial charge in [-0.15, -0.1) is 0 Å². The molecule has 2 saturated heterocycles. The first-order valence-corrected chi connectivity index (χ1v) is 12.9. The van der Waals surface area contributed by atoms with Crippen molar-refractivity contribution in [1.82, 2.24) is 14.3 Å². The molecule has 1 aromatic carbocycles. The molecule has 0 bridgehead atoms. The van der Waals surface area contributed by atoms with E-state index in [2.05, 4.69) is 54.8 Å². The average Bonchev–Trinajstić information content (AvgIpc) is 2.91. The minimum Gasteiger partial charge on any atom is -0.390 e. The number of hydrogen-bond donors (Lipinski definition) is 2. The quantitative estimate of drug-likeness (QED) is 0.449. The standard InChI is InChI=1S/C26H28F3N5O2S/c27-26(28,29)20-4-7-24(30-16-20)32-22-9-10-34(17-23(22)35)37-21-5-1-18(2-6-21)19-3-8-25(31-15-19)33-11-13-36-14-12-33/h1-8,15-16,22-23,35H,9-14,17H2,(H,30,32). The Bertz CT molecular complexity index is 1160. The number of halogens is 3. The first-order chi connectivity index (χ1) is 17.8. The van der Waals surface area contributed by atoms with Gasteiger partial charge in [0.05, 0.1) is 30.9 Å². The number of hydrogen-bond acceptors (Lipinski definition) is 8. The van der Waals surface area contributed by atoms with E-state index in [4.69, 9.17) is 4.74 Å². The second kappa shape index (κ2) is 11.3. The van der Waals surface area contributed by atoms with Crippen LogP contribution >= 0.6 is 11.9 Å². The number of aliphatic hydroxyl groups excluding tert-OH is 1. The topological polar surface area (TPSA) is 73.8 Å². The van der Waals surface area contributed by atoms with Crippen molar-refractivity contribution in [1.29, 1.82) is 0 Å². The first kappa shape index (κ1) is 25.8. The highest BCUT2D eigenvalue weighted by Gasteiger charge is 2.31. The second-order valence-corrected chi connectivity index (χ2v) is 10.2. The number of aliphatic hydroxyl groups is 1. The predicted molar refractivity (Wildman–Crippen MR) is 137 cm³/mol. The molecule has 0 aliphatic carbocycles. The van der Waals surface area contributed by atoms with Crippen molar-refractivity contribution in [3.8, 4) is 11.1 Å². The number of aromatic nitrogens is 2. The van der Waals surface area contributed by atoms with E-state index in [-0.39, 0.29) is 6.04 Å². The number of alkyl halides is 3. The molecule has 2 aromatic heterocycles. The van der Waals surface area contributed by atoms with E-state index in [1.807, 2.05) is 12.3 Å². The van der Waals surface area contributed by atoms with Crippen molar-refractivity contribution >= 4 is 23.6 Å². The van der Waals surface area contributed by atoms with Gasteiger partial charge in [-0.3, -0.25) is 0 Å². The molecule has 0 saturated carbocycles. The van der Waals surface area contributed by atoms with E-state index in [9.17, 15) is 18.3 Å². The third kappa shape index (κ3) is 6.53. The van der Waals surface area contributed by atoms with Gasteiger partial charge in [0.1, 0.15) is 11.6 Å². The van der Waals surface area contributed by atoms with Crippen molar-refractivity contribution < 1.29 is 23.0 Å². The monoisotopic (exact) mass is 531 g/mol. The average molecular weight is 532 g/mol. The lowest BCUT2D eigenvalue weighted by atomic mass is 10.0. The number of piperidine rings is 1. The summed E-state index contributed by atoms with van der Waals surface area (Å²) in [5.41, 5.74) is 1.34. The van der Waals surface area contributed by atoms with Gasteiger partial charge in [0.15, 0.2) is 0 Å². The SMILES string of the molecule is OC1CN(Sc2ccc(-c3ccc(N4CCOCC4)nc3)cc2)CCC1Nc1ccc(C(F)(F)F)cn1. The Morgan fingerprint density at radius 2 is 1.68 bits per heavy atom. The zero-order chi connectivity index (χ0) is 25.8. The van der Waals surface area contributed by atoms with Gasteiger partial charge >= 0.3 is 6.18 Å². The Morgan fingerprint density at radius 1 is 0.919 bits per heavy atom. The van der Waals surface area contributed by atoms with Crippen molar-refractivity contribution in [3.63, 3.8) is 0 Å². The largest absolute Gasteiger partial charge is 0.417 e. The lowest BCUT2D eigenvalue weighted by Crippen LogP contribution is -2.47. The highest BCUT2D eigenvalue weighted by molar-refractivity contribution is 7.97. The maximum Gasteiger partial charge on any atom is 0.417 e. The van der Waals surface area contributed by atoms with E-state index in [0.717, 1.165) is 60.4 Å². The summed E-state index contributed by atoms with van der Waals surface area (Å²) < 4.78 is 45.7. The Morgan fingerprint density at radius 3 is 2.30 bits per heavy atom. The molecule has 5 rings (SSSR count). The number of pyridine rings is 2. The number of nitrogens with one attached hydrogen (secondary N) is 1. The van der Waals surface area contributed by atoms with Gasteiger partial charge in [0, 0.05) is 49.0 Å². The molecule has 3 aromatic rings. The van der Waals surface area contributed by atoms with Gasteiger partial charge in [-0.25, -0.2) is 14.3 Å². The van der Waals surface area contributed by atoms with Crippen LogP contribution in [0.1, 0.15) is 12.0 Å². The molecule has 2 unspecified atom stereocenters. The summed E-state index contributed by atoms with van der Waals surface area (Å²) in [6.07, 6.45) is -1.77. The lowest BCUT2D eigenvalue weighted by Gasteiger charge is -2.35. The third-order valence-electron chi connectivity index (χ3n) is 6.47. The molecule has 2 fully saturated rings. The normalized spacial score (nSPS) is 21.1. The Hall–Kier alpha value is -2.86. The summed E-state index contributed by atoms with van der Waals surface area (Å²) in [7, 11) is 0. The molecule has 37 heavy (non-hydrogen) atoms. The summed E-state index contributed by atoms with van der Waals surface area (Å²) in [5, 5.41) is 13.7. The van der Waals surface area contributed by atoms with Crippen LogP contribution in [0.4, 0.5) is 24.8 Å². The maximum atomic E-state index is 12.7. The fourth-order valence-corrected chi connectivity index (χ4v) is 5.36. The van der Waals surface area contributed by atoms with Gasteiger partial charge in [-0.1, -0.05) is 12.1 Å². The smallest absolute Gasteiger partial charge is 0.390 e. The van der Waals surface area contributed by atoms with Gasteiger partial charge in [0.2, 0.25) is 0 Å². The Balaban J connectivity index is 1.13. The van der Waals surface area contributed by atoms with Crippen LogP contribution in [0, 0.1) is 0 Å². The van der Waals surface area contributed by atoms with Gasteiger partial charge in [0.25, 0.3) is 0 Å². The number of benzene rings is 1. The molecule has 11 heteroatoms. The van der Waals surface area contributed by atoms with Crippen molar-refractivity contribution in [2.75, 3.05) is 49.6 Å². The molecule has 2 aliphatic rings. The van der Waals surface area contributed by atoms with Crippen LogP contribution in [0.2, 0.25) is 0 Å². The summed E-state index contributed by atoms with van der Waals surface area (Å²) in [4.78, 5) is 11.8. The number of anilines is 2. The minimum absolute atomic E-state index is 0.281. The second-order valence-electron chi connectivity index (χ2n) is 9.04. The molecule has 0 amide bonds. The van der Waals surface area contributed by atoms with E-state index in [0.29, 0.717) is 25.3 Å². The Labute approximate surface area is 217 Å². The molecule has 0 spiro atoms. The van der Waals surface area contributed by atoms with Crippen LogP contribution in [0.3, 0.4) is 0 Å². The summed E-state index contributed by atoms with van der Waals surface area (Å²) in [6, 6.07) is 14.4. The first-order valence-electron chi connectivity index (χ1n) is 12.1. The molecule has 7 nitrogen and oxygen atoms in total.